The van der Waals surface area contributed by atoms with Gasteiger partial charge in [-0.25, -0.2) is 8.42 Å². The van der Waals surface area contributed by atoms with Crippen LogP contribution in [0.3, 0.4) is 0 Å². The summed E-state index contributed by atoms with van der Waals surface area (Å²) in [6.07, 6.45) is 2.37. The van der Waals surface area contributed by atoms with E-state index in [9.17, 15) is 13.2 Å². The van der Waals surface area contributed by atoms with Crippen LogP contribution in [-0.2, 0) is 21.4 Å². The second-order valence-corrected chi connectivity index (χ2v) is 9.59. The van der Waals surface area contributed by atoms with Crippen LogP contribution in [0.5, 0.6) is 0 Å². The van der Waals surface area contributed by atoms with E-state index in [-0.39, 0.29) is 10.1 Å². The van der Waals surface area contributed by atoms with Crippen LogP contribution in [0.25, 0.3) is 0 Å². The molecule has 1 atom stereocenters. The predicted molar refractivity (Wildman–Crippen MR) is 97.6 cm³/mol. The number of rotatable bonds is 9. The number of thioether (sulfide) groups is 1. The Labute approximate surface area is 148 Å². The lowest BCUT2D eigenvalue weighted by Crippen LogP contribution is -2.46. The zero-order valence-electron chi connectivity index (χ0n) is 12.5. The van der Waals surface area contributed by atoms with E-state index >= 15 is 0 Å². The van der Waals surface area contributed by atoms with Crippen molar-refractivity contribution in [2.45, 2.75) is 23.2 Å². The molecule has 2 aromatic rings. The fourth-order valence-corrected chi connectivity index (χ4v) is 5.21. The molecular formula is C14H18N2O3S4. The molecule has 0 aromatic carbocycles. The van der Waals surface area contributed by atoms with E-state index in [1.807, 2.05) is 23.8 Å². The number of sulfonamides is 1. The minimum atomic E-state index is -3.66. The lowest BCUT2D eigenvalue weighted by atomic mass is 10.2. The number of nitrogens with one attached hydrogen (secondary N) is 2. The largest absolute Gasteiger partial charge is 0.350 e. The van der Waals surface area contributed by atoms with Crippen LogP contribution in [0, 0.1) is 0 Å². The Hall–Kier alpha value is -0.870. The van der Waals surface area contributed by atoms with Crippen molar-refractivity contribution >= 4 is 50.4 Å². The second kappa shape index (κ2) is 8.84. The van der Waals surface area contributed by atoms with Crippen LogP contribution < -0.4 is 10.0 Å². The van der Waals surface area contributed by atoms with Gasteiger partial charge < -0.3 is 5.32 Å². The van der Waals surface area contributed by atoms with Crippen molar-refractivity contribution in [3.05, 3.63) is 39.9 Å². The van der Waals surface area contributed by atoms with E-state index in [1.165, 1.54) is 6.07 Å². The molecule has 0 aliphatic rings. The van der Waals surface area contributed by atoms with Gasteiger partial charge in [-0.05, 0) is 41.3 Å². The van der Waals surface area contributed by atoms with Crippen molar-refractivity contribution in [1.29, 1.82) is 0 Å². The summed E-state index contributed by atoms with van der Waals surface area (Å²) in [5, 5.41) is 6.43. The Morgan fingerprint density at radius 1 is 1.26 bits per heavy atom. The molecule has 2 N–H and O–H groups in total. The summed E-state index contributed by atoms with van der Waals surface area (Å²) < 4.78 is 27.4. The quantitative estimate of drug-likeness (QED) is 0.690. The van der Waals surface area contributed by atoms with Gasteiger partial charge in [0.15, 0.2) is 0 Å². The first-order valence-electron chi connectivity index (χ1n) is 6.88. The molecule has 0 saturated carbocycles. The fourth-order valence-electron chi connectivity index (χ4n) is 1.85. The van der Waals surface area contributed by atoms with Crippen molar-refractivity contribution in [2.75, 3.05) is 12.0 Å². The number of hydrogen-bond donors (Lipinski definition) is 2. The van der Waals surface area contributed by atoms with Crippen LogP contribution in [0.1, 0.15) is 11.3 Å². The van der Waals surface area contributed by atoms with E-state index < -0.39 is 16.1 Å². The Bertz CT molecular complexity index is 696. The molecule has 5 nitrogen and oxygen atoms in total. The highest BCUT2D eigenvalue weighted by atomic mass is 32.2. The Kier molecular flexibility index (Phi) is 7.09. The molecule has 2 rings (SSSR count). The highest BCUT2D eigenvalue weighted by Crippen LogP contribution is 2.17. The maximum atomic E-state index is 12.4. The van der Waals surface area contributed by atoms with Gasteiger partial charge in [0.05, 0.1) is 6.54 Å². The van der Waals surface area contributed by atoms with Gasteiger partial charge in [-0.3, -0.25) is 4.79 Å². The molecule has 0 spiro atoms. The van der Waals surface area contributed by atoms with Gasteiger partial charge in [0.2, 0.25) is 5.91 Å². The highest BCUT2D eigenvalue weighted by molar-refractivity contribution is 7.98. The lowest BCUT2D eigenvalue weighted by molar-refractivity contribution is -0.122. The summed E-state index contributed by atoms with van der Waals surface area (Å²) in [5.74, 6) is 0.400. The minimum absolute atomic E-state index is 0.220. The summed E-state index contributed by atoms with van der Waals surface area (Å²) in [5.41, 5.74) is 0. The molecule has 0 fully saturated rings. The summed E-state index contributed by atoms with van der Waals surface area (Å²) >= 11 is 4.26. The Morgan fingerprint density at radius 2 is 2.00 bits per heavy atom. The molecule has 1 amide bonds. The zero-order valence-corrected chi connectivity index (χ0v) is 15.8. The number of carbonyl (C=O) groups is 1. The molecule has 2 heterocycles. The molecule has 0 radical (unpaired) electrons. The van der Waals surface area contributed by atoms with E-state index in [1.54, 1.807) is 34.5 Å². The van der Waals surface area contributed by atoms with Gasteiger partial charge >= 0.3 is 0 Å². The van der Waals surface area contributed by atoms with Crippen molar-refractivity contribution in [2.24, 2.45) is 0 Å². The zero-order chi connectivity index (χ0) is 16.7. The van der Waals surface area contributed by atoms with Gasteiger partial charge in [0.1, 0.15) is 10.3 Å². The standard InChI is InChI=1S/C14H18N2O3S4/c1-20-9-6-12(14(17)15-10-11-4-2-7-21-11)16-23(18,19)13-5-3-8-22-13/h2-5,7-8,12,16H,6,9-10H2,1H3,(H,15,17)/t12-/m0/s1. The third kappa shape index (κ3) is 5.61. The van der Waals surface area contributed by atoms with Crippen LogP contribution >= 0.6 is 34.4 Å². The molecule has 23 heavy (non-hydrogen) atoms. The van der Waals surface area contributed by atoms with Crippen LogP contribution in [-0.4, -0.2) is 32.4 Å². The predicted octanol–water partition coefficient (Wildman–Crippen LogP) is 2.53. The van der Waals surface area contributed by atoms with E-state index in [0.29, 0.717) is 18.7 Å². The number of hydrogen-bond acceptors (Lipinski definition) is 6. The number of amides is 1. The smallest absolute Gasteiger partial charge is 0.250 e. The third-order valence-electron chi connectivity index (χ3n) is 3.00. The monoisotopic (exact) mass is 390 g/mol. The van der Waals surface area contributed by atoms with Crippen LogP contribution in [0.4, 0.5) is 0 Å². The van der Waals surface area contributed by atoms with Gasteiger partial charge in [-0.2, -0.15) is 16.5 Å². The van der Waals surface area contributed by atoms with Crippen LogP contribution in [0.2, 0.25) is 0 Å². The minimum Gasteiger partial charge on any atom is -0.350 e. The molecule has 0 aliphatic heterocycles. The summed E-state index contributed by atoms with van der Waals surface area (Å²) in [6, 6.07) is 6.28. The fraction of sp³-hybridized carbons (Fsp3) is 0.357. The Morgan fingerprint density at radius 3 is 2.61 bits per heavy atom. The lowest BCUT2D eigenvalue weighted by Gasteiger charge is -2.17. The topological polar surface area (TPSA) is 75.3 Å². The van der Waals surface area contributed by atoms with Crippen molar-refractivity contribution in [3.63, 3.8) is 0 Å². The first kappa shape index (κ1) is 18.5. The van der Waals surface area contributed by atoms with Gasteiger partial charge in [0, 0.05) is 4.88 Å². The number of thiophene rings is 2. The summed E-state index contributed by atoms with van der Waals surface area (Å²) in [4.78, 5) is 13.4. The number of carbonyl (C=O) groups excluding carboxylic acids is 1. The van der Waals surface area contributed by atoms with Crippen molar-refractivity contribution in [3.8, 4) is 0 Å². The summed E-state index contributed by atoms with van der Waals surface area (Å²) in [7, 11) is -3.66. The van der Waals surface area contributed by atoms with Gasteiger partial charge in [0.25, 0.3) is 10.0 Å². The van der Waals surface area contributed by atoms with E-state index in [4.69, 9.17) is 0 Å². The van der Waals surface area contributed by atoms with E-state index in [0.717, 1.165) is 16.2 Å². The molecule has 126 valence electrons. The molecule has 9 heteroatoms. The first-order chi connectivity index (χ1) is 11.0. The molecule has 0 saturated heterocycles. The van der Waals surface area contributed by atoms with Crippen molar-refractivity contribution in [1.82, 2.24) is 10.0 Å². The Balaban J connectivity index is 2.02. The summed E-state index contributed by atoms with van der Waals surface area (Å²) in [6.45, 7) is 0.410. The maximum absolute atomic E-state index is 12.4. The SMILES string of the molecule is CSCC[C@H](NS(=O)(=O)c1cccs1)C(=O)NCc1cccs1. The average molecular weight is 391 g/mol. The highest BCUT2D eigenvalue weighted by Gasteiger charge is 2.25. The normalized spacial score (nSPS) is 12.9. The molecule has 2 aromatic heterocycles. The van der Waals surface area contributed by atoms with E-state index in [2.05, 4.69) is 10.0 Å². The second-order valence-electron chi connectivity index (χ2n) is 4.68. The molecule has 0 bridgehead atoms. The first-order valence-corrected chi connectivity index (χ1v) is 11.5. The molecule has 0 unspecified atom stereocenters. The molecular weight excluding hydrogens is 372 g/mol. The average Bonchev–Trinajstić information content (AvgIpc) is 3.22. The van der Waals surface area contributed by atoms with Gasteiger partial charge in [-0.1, -0.05) is 12.1 Å². The van der Waals surface area contributed by atoms with Gasteiger partial charge in [-0.15, -0.1) is 22.7 Å². The maximum Gasteiger partial charge on any atom is 0.250 e. The molecule has 0 aliphatic carbocycles. The third-order valence-corrected chi connectivity index (χ3v) is 7.39. The van der Waals surface area contributed by atoms with Crippen LogP contribution in [0.15, 0.2) is 39.2 Å². The van der Waals surface area contributed by atoms with Crippen molar-refractivity contribution < 1.29 is 13.2 Å².